The largest absolute Gasteiger partial charge is 0.466 e. The Morgan fingerprint density at radius 3 is 0.943 bits per heavy atom. The van der Waals surface area contributed by atoms with Crippen LogP contribution in [0.1, 0.15) is 304 Å². The average molecular weight is 1230 g/mol. The lowest BCUT2D eigenvalue weighted by molar-refractivity contribution is -0.159. The van der Waals surface area contributed by atoms with E-state index in [0.717, 1.165) is 238 Å². The molecule has 13 heteroatoms. The Kier molecular flexibility index (Phi) is 68.2. The first-order chi connectivity index (χ1) is 42.8. The van der Waals surface area contributed by atoms with Crippen molar-refractivity contribution in [2.75, 3.05) is 92.1 Å². The maximum atomic E-state index is 12.8. The quantitative estimate of drug-likeness (QED) is 0.0203. The minimum Gasteiger partial charge on any atom is -0.466 e. The Hall–Kier alpha value is -2.91. The van der Waals surface area contributed by atoms with Crippen LogP contribution in [0.4, 0.5) is 0 Å². The number of allylic oxidation sites excluding steroid dienone is 8. The first-order valence-corrected chi connectivity index (χ1v) is 36.4. The summed E-state index contributed by atoms with van der Waals surface area (Å²) in [6.07, 6.45) is 58.7. The van der Waals surface area contributed by atoms with Gasteiger partial charge in [-0.05, 0) is 187 Å². The molecule has 0 aromatic carbocycles. The van der Waals surface area contributed by atoms with Gasteiger partial charge in [-0.15, -0.1) is 0 Å². The van der Waals surface area contributed by atoms with E-state index in [1.54, 1.807) is 0 Å². The highest BCUT2D eigenvalue weighted by atomic mass is 16.7. The normalized spacial score (nSPS) is 12.2. The number of rotatable bonds is 70. The van der Waals surface area contributed by atoms with Crippen LogP contribution < -0.4 is 0 Å². The molecule has 0 amide bonds. The van der Waals surface area contributed by atoms with Crippen molar-refractivity contribution in [3.05, 3.63) is 48.6 Å². The lowest BCUT2D eigenvalue weighted by atomic mass is 10.1. The third-order valence-corrected chi connectivity index (χ3v) is 15.5. The van der Waals surface area contributed by atoms with E-state index in [2.05, 4.69) is 93.0 Å². The van der Waals surface area contributed by atoms with E-state index in [1.165, 1.54) is 32.1 Å². The van der Waals surface area contributed by atoms with Crippen molar-refractivity contribution < 1.29 is 52.6 Å². The van der Waals surface area contributed by atoms with Crippen LogP contribution in [0.3, 0.4) is 0 Å². The van der Waals surface area contributed by atoms with Crippen LogP contribution in [-0.4, -0.2) is 138 Å². The van der Waals surface area contributed by atoms with Gasteiger partial charge in [-0.1, -0.05) is 167 Å². The van der Waals surface area contributed by atoms with Gasteiger partial charge < -0.3 is 48.1 Å². The molecule has 0 bridgehead atoms. The molecule has 0 saturated heterocycles. The molecular weight excluding hydrogens is 1090 g/mol. The smallest absolute Gasteiger partial charge is 0.305 e. The van der Waals surface area contributed by atoms with Crippen LogP contribution in [0.5, 0.6) is 0 Å². The number of aliphatic hydroxyl groups is 1. The molecule has 510 valence electrons. The van der Waals surface area contributed by atoms with Crippen LogP contribution >= 0.6 is 0 Å². The van der Waals surface area contributed by atoms with Gasteiger partial charge in [-0.3, -0.25) is 14.4 Å². The molecular formula is C74H138N2O11. The van der Waals surface area contributed by atoms with Gasteiger partial charge in [-0.25, -0.2) is 0 Å². The predicted molar refractivity (Wildman–Crippen MR) is 363 cm³/mol. The average Bonchev–Trinajstić information content (AvgIpc) is 3.52. The highest BCUT2D eigenvalue weighted by molar-refractivity contribution is 5.70. The molecule has 0 fully saturated rings. The number of nitrogens with zero attached hydrogens (tertiary/aromatic N) is 2. The molecule has 0 aliphatic carbocycles. The fraction of sp³-hybridized carbons (Fsp3) is 0.851. The number of carbonyl (C=O) groups is 3. The lowest BCUT2D eigenvalue weighted by Gasteiger charge is -2.26. The highest BCUT2D eigenvalue weighted by Gasteiger charge is 2.16. The van der Waals surface area contributed by atoms with Crippen molar-refractivity contribution in [3.63, 3.8) is 0 Å². The van der Waals surface area contributed by atoms with E-state index < -0.39 is 0 Å². The van der Waals surface area contributed by atoms with Gasteiger partial charge in [0.1, 0.15) is 0 Å². The van der Waals surface area contributed by atoms with E-state index in [4.69, 9.17) is 33.2 Å². The molecule has 0 rings (SSSR count). The van der Waals surface area contributed by atoms with Gasteiger partial charge in [0, 0.05) is 52.2 Å². The van der Waals surface area contributed by atoms with Gasteiger partial charge >= 0.3 is 17.9 Å². The summed E-state index contributed by atoms with van der Waals surface area (Å²) in [7, 11) is 0. The molecule has 0 radical (unpaired) electrons. The fourth-order valence-corrected chi connectivity index (χ4v) is 10.2. The summed E-state index contributed by atoms with van der Waals surface area (Å²) in [4.78, 5) is 42.9. The van der Waals surface area contributed by atoms with Crippen molar-refractivity contribution >= 4 is 17.9 Å². The Morgan fingerprint density at radius 2 is 0.598 bits per heavy atom. The number of carbonyl (C=O) groups excluding carboxylic acids is 3. The van der Waals surface area contributed by atoms with E-state index in [1.807, 2.05) is 0 Å². The summed E-state index contributed by atoms with van der Waals surface area (Å²) in [5.41, 5.74) is 0. The maximum absolute atomic E-state index is 12.8. The zero-order valence-electron chi connectivity index (χ0n) is 57.3. The first kappa shape index (κ1) is 84.1. The van der Waals surface area contributed by atoms with Gasteiger partial charge in [0.05, 0.1) is 39.3 Å². The molecule has 0 spiro atoms. The fourth-order valence-electron chi connectivity index (χ4n) is 10.2. The summed E-state index contributed by atoms with van der Waals surface area (Å²) in [5, 5.41) is 9.94. The molecule has 0 heterocycles. The second-order valence-electron chi connectivity index (χ2n) is 23.8. The predicted octanol–water partition coefficient (Wildman–Crippen LogP) is 18.6. The standard InChI is InChI=1S/C74H138N2O11/c1-6-11-16-21-26-36-43-63-81-70(78)51-39-28-27-29-40-58-76(61-62-77)60-50-59-75(56-41-30-37-44-64-82-71(79)52-54-73(84-66-46-32-22-17-12-7-2)85-67-47-33-23-18-13-8-3)57-42-31-38-45-65-83-72(80)53-55-74(86-68-48-34-24-19-14-9-4)87-69-49-35-25-20-15-10-5/h12-15,17-20,73-74,77H,6-11,16,21-69H2,1-5H3/b17-12-,18-13-,19-14-,20-15-. The topological polar surface area (TPSA) is 143 Å². The minimum absolute atomic E-state index is 0.0516. The van der Waals surface area contributed by atoms with Crippen molar-refractivity contribution in [1.29, 1.82) is 0 Å². The second-order valence-corrected chi connectivity index (χ2v) is 23.8. The van der Waals surface area contributed by atoms with E-state index in [9.17, 15) is 19.5 Å². The van der Waals surface area contributed by atoms with Crippen LogP contribution in [0.25, 0.3) is 0 Å². The molecule has 0 aliphatic heterocycles. The number of ether oxygens (including phenoxy) is 7. The third kappa shape index (κ3) is 64.4. The SMILES string of the molecule is CC/C=C\CCCCOC(CCC(=O)OCCCCCCN(CCCCCCOC(=O)CCC(OCCCC/C=C\CC)OCCCC/C=C\CC)CCCN(CCO)CCCCCCCC(=O)OCCCCCCCCC)OCCCC/C=C\CC. The lowest BCUT2D eigenvalue weighted by Crippen LogP contribution is -2.33. The van der Waals surface area contributed by atoms with Crippen LogP contribution in [0.2, 0.25) is 0 Å². The second kappa shape index (κ2) is 70.5. The Balaban J connectivity index is 5.07. The van der Waals surface area contributed by atoms with Crippen LogP contribution in [-0.2, 0) is 47.5 Å². The molecule has 0 aliphatic rings. The van der Waals surface area contributed by atoms with E-state index in [-0.39, 0.29) is 37.1 Å². The van der Waals surface area contributed by atoms with E-state index in [0.29, 0.717) is 84.9 Å². The molecule has 0 atom stereocenters. The molecule has 0 unspecified atom stereocenters. The molecule has 0 aromatic heterocycles. The first-order valence-electron chi connectivity index (χ1n) is 36.4. The van der Waals surface area contributed by atoms with Crippen molar-refractivity contribution in [2.45, 2.75) is 317 Å². The van der Waals surface area contributed by atoms with Crippen LogP contribution in [0, 0.1) is 0 Å². The van der Waals surface area contributed by atoms with E-state index >= 15 is 0 Å². The summed E-state index contributed by atoms with van der Waals surface area (Å²) >= 11 is 0. The van der Waals surface area contributed by atoms with Crippen molar-refractivity contribution in [1.82, 2.24) is 9.80 Å². The number of hydrogen-bond acceptors (Lipinski definition) is 13. The zero-order chi connectivity index (χ0) is 63.2. The summed E-state index contributed by atoms with van der Waals surface area (Å²) in [5.74, 6) is -0.416. The Bertz CT molecular complexity index is 1440. The summed E-state index contributed by atoms with van der Waals surface area (Å²) < 4.78 is 41.4. The number of hydrogen-bond donors (Lipinski definition) is 1. The van der Waals surface area contributed by atoms with Gasteiger partial charge in [0.2, 0.25) is 0 Å². The molecule has 1 N–H and O–H groups in total. The molecule has 0 saturated carbocycles. The van der Waals surface area contributed by atoms with Crippen LogP contribution in [0.15, 0.2) is 48.6 Å². The monoisotopic (exact) mass is 1230 g/mol. The summed E-state index contributed by atoms with van der Waals surface area (Å²) in [6, 6.07) is 0. The van der Waals surface area contributed by atoms with Crippen molar-refractivity contribution in [3.8, 4) is 0 Å². The Labute approximate surface area is 535 Å². The number of aliphatic hydroxyl groups excluding tert-OH is 1. The maximum Gasteiger partial charge on any atom is 0.305 e. The van der Waals surface area contributed by atoms with Gasteiger partial charge in [0.25, 0.3) is 0 Å². The Morgan fingerprint density at radius 1 is 0.310 bits per heavy atom. The molecule has 0 aromatic rings. The minimum atomic E-state index is -0.387. The van der Waals surface area contributed by atoms with Gasteiger partial charge in [-0.2, -0.15) is 0 Å². The van der Waals surface area contributed by atoms with Gasteiger partial charge in [0.15, 0.2) is 12.6 Å². The van der Waals surface area contributed by atoms with Crippen molar-refractivity contribution in [2.24, 2.45) is 0 Å². The molecule has 87 heavy (non-hydrogen) atoms. The zero-order valence-corrected chi connectivity index (χ0v) is 57.3. The third-order valence-electron chi connectivity index (χ3n) is 15.5. The molecule has 13 nitrogen and oxygen atoms in total. The number of esters is 3. The number of unbranched alkanes of at least 4 members (excludes halogenated alkanes) is 24. The highest BCUT2D eigenvalue weighted by Crippen LogP contribution is 2.15. The summed E-state index contributed by atoms with van der Waals surface area (Å²) in [6.45, 7) is 20.6.